The highest BCUT2D eigenvalue weighted by atomic mass is 16.5. The van der Waals surface area contributed by atoms with E-state index in [-0.39, 0.29) is 11.9 Å². The maximum atomic E-state index is 12.9. The highest BCUT2D eigenvalue weighted by Gasteiger charge is 2.35. The summed E-state index contributed by atoms with van der Waals surface area (Å²) in [6.45, 7) is 9.80. The van der Waals surface area contributed by atoms with Crippen LogP contribution in [-0.2, 0) is 15.1 Å². The Bertz CT molecular complexity index is 1080. The number of nitrogens with zero attached hydrogens (tertiary/aromatic N) is 1. The molecule has 5 nitrogen and oxygen atoms in total. The Morgan fingerprint density at radius 3 is 1.90 bits per heavy atom. The highest BCUT2D eigenvalue weighted by Crippen LogP contribution is 2.36. The van der Waals surface area contributed by atoms with Crippen LogP contribution in [0.4, 0.5) is 0 Å². The minimum absolute atomic E-state index is 0.196. The number of unbranched alkanes of at least 4 members (excludes halogenated alkanes) is 1. The zero-order valence-electron chi connectivity index (χ0n) is 24.1. The van der Waals surface area contributed by atoms with E-state index in [1.807, 2.05) is 36.2 Å². The molecule has 0 aromatic heterocycles. The number of hydrogen-bond donors (Lipinski definition) is 2. The Morgan fingerprint density at radius 1 is 0.925 bits per heavy atom. The molecule has 0 heterocycles. The number of nitrogens with two attached hydrogens (primary N) is 1. The molecule has 0 saturated carbocycles. The summed E-state index contributed by atoms with van der Waals surface area (Å²) in [6, 6.07) is 31.6. The number of rotatable bonds is 17. The molecular weight excluding hydrogens is 494 g/mol. The van der Waals surface area contributed by atoms with Crippen molar-refractivity contribution in [2.75, 3.05) is 19.7 Å². The van der Waals surface area contributed by atoms with Crippen molar-refractivity contribution >= 4 is 5.97 Å². The zero-order valence-corrected chi connectivity index (χ0v) is 24.1. The average molecular weight is 540 g/mol. The molecule has 0 spiro atoms. The fourth-order valence-electron chi connectivity index (χ4n) is 5.16. The van der Waals surface area contributed by atoms with E-state index < -0.39 is 5.54 Å². The van der Waals surface area contributed by atoms with Gasteiger partial charge in [-0.25, -0.2) is 0 Å². The minimum Gasteiger partial charge on any atom is -0.466 e. The molecule has 3 N–H and O–H groups in total. The number of carbonyl (C=O) groups excluding carboxylic acids is 1. The molecule has 0 amide bonds. The van der Waals surface area contributed by atoms with Crippen LogP contribution in [0.3, 0.4) is 0 Å². The van der Waals surface area contributed by atoms with Gasteiger partial charge in [0.1, 0.15) is 0 Å². The monoisotopic (exact) mass is 539 g/mol. The molecule has 212 valence electrons. The third-order valence-corrected chi connectivity index (χ3v) is 7.18. The summed E-state index contributed by atoms with van der Waals surface area (Å²) in [6.07, 6.45) is 7.72. The summed E-state index contributed by atoms with van der Waals surface area (Å²) in [4.78, 5) is 14.9. The summed E-state index contributed by atoms with van der Waals surface area (Å²) >= 11 is 0. The molecule has 0 fully saturated rings. The lowest BCUT2D eigenvalue weighted by atomic mass is 9.77. The lowest BCUT2D eigenvalue weighted by Crippen LogP contribution is -2.45. The van der Waals surface area contributed by atoms with Crippen LogP contribution in [-0.4, -0.2) is 30.6 Å². The van der Waals surface area contributed by atoms with Crippen molar-refractivity contribution in [1.82, 2.24) is 10.2 Å². The molecule has 3 aromatic carbocycles. The van der Waals surface area contributed by atoms with Crippen molar-refractivity contribution in [3.8, 4) is 0 Å². The number of esters is 1. The maximum Gasteiger partial charge on any atom is 0.309 e. The lowest BCUT2D eigenvalue weighted by molar-refractivity contribution is -0.148. The van der Waals surface area contributed by atoms with Crippen LogP contribution in [0.25, 0.3) is 0 Å². The van der Waals surface area contributed by atoms with E-state index in [0.717, 1.165) is 42.5 Å². The summed E-state index contributed by atoms with van der Waals surface area (Å²) in [5.74, 6) is -0.506. The smallest absolute Gasteiger partial charge is 0.309 e. The Hall–Kier alpha value is -3.83. The van der Waals surface area contributed by atoms with Crippen molar-refractivity contribution in [2.24, 2.45) is 11.7 Å². The highest BCUT2D eigenvalue weighted by molar-refractivity contribution is 5.72. The predicted molar refractivity (Wildman–Crippen MR) is 165 cm³/mol. The number of nitrogens with one attached hydrogen (secondary N) is 1. The van der Waals surface area contributed by atoms with Gasteiger partial charge in [-0.2, -0.15) is 0 Å². The molecule has 0 aliphatic rings. The molecular formula is C35H45N3O2. The largest absolute Gasteiger partial charge is 0.466 e. The molecule has 40 heavy (non-hydrogen) atoms. The van der Waals surface area contributed by atoms with Crippen molar-refractivity contribution in [3.63, 3.8) is 0 Å². The third kappa shape index (κ3) is 8.33. The SMILES string of the molecule is C=CN(/C=C(\N)CC(CCCNC(c1ccccc1)(c1ccccc1)c1ccccc1)C(=O)OCC)CCCC. The standard InChI is InChI=1S/C35H45N3O2/c1-4-7-26-38(5-2)28-33(36)27-29(34(39)40-6-3)18-17-25-37-35(30-19-11-8-12-20-30,31-21-13-9-14-22-31)32-23-15-10-16-24-32/h5,8-16,19-24,28-29,37H,2,4,6-7,17-18,25-27,36H2,1,3H3/b33-28-. The summed E-state index contributed by atoms with van der Waals surface area (Å²) in [7, 11) is 0. The Balaban J connectivity index is 1.82. The van der Waals surface area contributed by atoms with Gasteiger partial charge >= 0.3 is 5.97 Å². The molecule has 0 saturated heterocycles. The van der Waals surface area contributed by atoms with Gasteiger partial charge in [-0.3, -0.25) is 10.1 Å². The van der Waals surface area contributed by atoms with E-state index in [9.17, 15) is 4.79 Å². The number of carbonyl (C=O) groups is 1. The summed E-state index contributed by atoms with van der Waals surface area (Å²) < 4.78 is 5.43. The normalized spacial score (nSPS) is 12.5. The fourth-order valence-corrected chi connectivity index (χ4v) is 5.16. The minimum atomic E-state index is -0.536. The van der Waals surface area contributed by atoms with Gasteiger partial charge in [0.2, 0.25) is 0 Å². The number of hydrogen-bond acceptors (Lipinski definition) is 5. The Labute approximate surface area is 240 Å². The van der Waals surface area contributed by atoms with Crippen LogP contribution in [0.1, 0.15) is 62.6 Å². The van der Waals surface area contributed by atoms with Crippen molar-refractivity contribution in [2.45, 2.75) is 51.5 Å². The van der Waals surface area contributed by atoms with Crippen LogP contribution in [0.2, 0.25) is 0 Å². The van der Waals surface area contributed by atoms with E-state index in [1.54, 1.807) is 6.20 Å². The fraction of sp³-hybridized carbons (Fsp3) is 0.343. The molecule has 3 aromatic rings. The van der Waals surface area contributed by atoms with Gasteiger partial charge in [-0.05, 0) is 55.6 Å². The van der Waals surface area contributed by atoms with Gasteiger partial charge in [0.15, 0.2) is 0 Å². The molecule has 1 atom stereocenters. The van der Waals surface area contributed by atoms with Gasteiger partial charge in [0.25, 0.3) is 0 Å². The van der Waals surface area contributed by atoms with Crippen LogP contribution >= 0.6 is 0 Å². The first-order valence-electron chi connectivity index (χ1n) is 14.5. The molecule has 0 radical (unpaired) electrons. The van der Waals surface area contributed by atoms with Crippen LogP contribution in [0.15, 0.2) is 116 Å². The molecule has 1 unspecified atom stereocenters. The van der Waals surface area contributed by atoms with Gasteiger partial charge < -0.3 is 15.4 Å². The van der Waals surface area contributed by atoms with Crippen molar-refractivity contribution in [1.29, 1.82) is 0 Å². The van der Waals surface area contributed by atoms with E-state index in [0.29, 0.717) is 31.7 Å². The quantitative estimate of drug-likeness (QED) is 0.110. The van der Waals surface area contributed by atoms with Crippen molar-refractivity contribution in [3.05, 3.63) is 132 Å². The second-order valence-corrected chi connectivity index (χ2v) is 10.0. The second-order valence-electron chi connectivity index (χ2n) is 10.0. The van der Waals surface area contributed by atoms with E-state index >= 15 is 0 Å². The summed E-state index contributed by atoms with van der Waals surface area (Å²) in [5.41, 5.74) is 10.0. The third-order valence-electron chi connectivity index (χ3n) is 7.18. The lowest BCUT2D eigenvalue weighted by Gasteiger charge is -2.37. The van der Waals surface area contributed by atoms with Gasteiger partial charge in [-0.1, -0.05) is 111 Å². The summed E-state index contributed by atoms with van der Waals surface area (Å²) in [5, 5.41) is 3.91. The predicted octanol–water partition coefficient (Wildman–Crippen LogP) is 6.96. The molecule has 5 heteroatoms. The van der Waals surface area contributed by atoms with E-state index in [1.165, 1.54) is 0 Å². The first kappa shape index (κ1) is 30.7. The van der Waals surface area contributed by atoms with E-state index in [2.05, 4.69) is 91.6 Å². The van der Waals surface area contributed by atoms with Gasteiger partial charge in [0, 0.05) is 24.9 Å². The average Bonchev–Trinajstić information content (AvgIpc) is 3.00. The molecule has 0 aliphatic heterocycles. The Morgan fingerprint density at radius 2 is 1.45 bits per heavy atom. The van der Waals surface area contributed by atoms with Crippen LogP contribution in [0.5, 0.6) is 0 Å². The first-order valence-corrected chi connectivity index (χ1v) is 14.5. The van der Waals surface area contributed by atoms with Crippen LogP contribution < -0.4 is 11.1 Å². The van der Waals surface area contributed by atoms with Gasteiger partial charge in [-0.15, -0.1) is 0 Å². The number of benzene rings is 3. The van der Waals surface area contributed by atoms with Crippen LogP contribution in [0, 0.1) is 5.92 Å². The maximum absolute atomic E-state index is 12.9. The molecule has 3 rings (SSSR count). The second kappa shape index (κ2) is 16.3. The number of allylic oxidation sites excluding steroid dienone is 1. The van der Waals surface area contributed by atoms with E-state index in [4.69, 9.17) is 10.5 Å². The van der Waals surface area contributed by atoms with Crippen molar-refractivity contribution < 1.29 is 9.53 Å². The first-order chi connectivity index (χ1) is 19.5. The zero-order chi connectivity index (χ0) is 28.6. The molecule has 0 bridgehead atoms. The number of ether oxygens (including phenoxy) is 1. The van der Waals surface area contributed by atoms with Gasteiger partial charge in [0.05, 0.1) is 18.1 Å². The Kier molecular flexibility index (Phi) is 12.5. The molecule has 0 aliphatic carbocycles. The topological polar surface area (TPSA) is 67.6 Å².